The first-order valence-corrected chi connectivity index (χ1v) is 10.2. The average Bonchev–Trinajstić information content (AvgIpc) is 2.20. The van der Waals surface area contributed by atoms with E-state index < -0.39 is 8.07 Å². The molecule has 0 aliphatic heterocycles. The van der Waals surface area contributed by atoms with Gasteiger partial charge in [-0.2, -0.15) is 0 Å². The molecule has 94 valence electrons. The van der Waals surface area contributed by atoms with E-state index in [4.69, 9.17) is 11.6 Å². The lowest BCUT2D eigenvalue weighted by Gasteiger charge is -2.22. The van der Waals surface area contributed by atoms with Crippen molar-refractivity contribution in [1.82, 2.24) is 5.32 Å². The smallest absolute Gasteiger partial charge is 0.252 e. The van der Waals surface area contributed by atoms with Gasteiger partial charge in [0.25, 0.3) is 5.91 Å². The van der Waals surface area contributed by atoms with E-state index in [1.807, 2.05) is 19.1 Å². The summed E-state index contributed by atoms with van der Waals surface area (Å²) in [4.78, 5) is 12.1. The van der Waals surface area contributed by atoms with E-state index in [-0.39, 0.29) is 5.91 Å². The maximum atomic E-state index is 12.1. The zero-order valence-electron chi connectivity index (χ0n) is 10.5. The first kappa shape index (κ1) is 14.7. The molecule has 1 amide bonds. The van der Waals surface area contributed by atoms with Crippen LogP contribution in [0.15, 0.2) is 16.6 Å². The number of nitrogens with one attached hydrogen (secondary N) is 1. The topological polar surface area (TPSA) is 29.1 Å². The van der Waals surface area contributed by atoms with E-state index in [2.05, 4.69) is 40.9 Å². The van der Waals surface area contributed by atoms with Crippen molar-refractivity contribution in [3.05, 3.63) is 27.2 Å². The lowest BCUT2D eigenvalue weighted by atomic mass is 10.2. The van der Waals surface area contributed by atoms with Crippen LogP contribution >= 0.6 is 27.5 Å². The summed E-state index contributed by atoms with van der Waals surface area (Å²) < 4.78 is 0.766. The first-order valence-electron chi connectivity index (χ1n) is 5.55. The average molecular weight is 335 g/mol. The molecular formula is C12H17BrClNOSi. The summed E-state index contributed by atoms with van der Waals surface area (Å²) in [6.07, 6.45) is 0. The number of hydrogen-bond acceptors (Lipinski definition) is 1. The lowest BCUT2D eigenvalue weighted by molar-refractivity contribution is 0.0957. The fraction of sp³-hybridized carbons (Fsp3) is 0.417. The molecule has 0 saturated heterocycles. The van der Waals surface area contributed by atoms with Crippen LogP contribution in [-0.4, -0.2) is 20.5 Å². The van der Waals surface area contributed by atoms with Crippen molar-refractivity contribution in [3.63, 3.8) is 0 Å². The number of hydrogen-bond donors (Lipinski definition) is 1. The minimum Gasteiger partial charge on any atom is -0.352 e. The molecule has 1 rings (SSSR count). The molecule has 1 N–H and O–H groups in total. The van der Waals surface area contributed by atoms with E-state index in [1.165, 1.54) is 0 Å². The normalized spacial score (nSPS) is 11.4. The van der Waals surface area contributed by atoms with Crippen LogP contribution in [0.2, 0.25) is 24.7 Å². The van der Waals surface area contributed by atoms with E-state index in [0.29, 0.717) is 17.1 Å². The molecule has 0 fully saturated rings. The summed E-state index contributed by atoms with van der Waals surface area (Å²) >= 11 is 9.62. The van der Waals surface area contributed by atoms with E-state index in [0.717, 1.165) is 9.66 Å². The van der Waals surface area contributed by atoms with Crippen molar-refractivity contribution in [3.8, 4) is 0 Å². The van der Waals surface area contributed by atoms with Gasteiger partial charge in [0.15, 0.2) is 0 Å². The van der Waals surface area contributed by atoms with Crippen LogP contribution in [0.4, 0.5) is 0 Å². The Bertz CT molecular complexity index is 443. The molecular weight excluding hydrogens is 318 g/mol. The van der Waals surface area contributed by atoms with E-state index in [9.17, 15) is 4.79 Å². The number of rotatable bonds is 3. The Morgan fingerprint density at radius 2 is 2.00 bits per heavy atom. The third-order valence-corrected chi connectivity index (χ3v) is 5.78. The van der Waals surface area contributed by atoms with Crippen molar-refractivity contribution >= 4 is 46.7 Å². The third-order valence-electron chi connectivity index (χ3n) is 2.47. The number of carbonyl (C=O) groups is 1. The summed E-state index contributed by atoms with van der Waals surface area (Å²) in [5, 5.41) is 4.42. The van der Waals surface area contributed by atoms with Crippen LogP contribution < -0.4 is 10.5 Å². The van der Waals surface area contributed by atoms with Gasteiger partial charge in [-0.05, 0) is 34.1 Å². The zero-order chi connectivity index (χ0) is 13.2. The minimum atomic E-state index is -1.59. The van der Waals surface area contributed by atoms with Gasteiger partial charge in [-0.15, -0.1) is 0 Å². The number of benzene rings is 1. The second-order valence-corrected chi connectivity index (χ2v) is 11.2. The zero-order valence-corrected chi connectivity index (χ0v) is 13.9. The maximum absolute atomic E-state index is 12.1. The Balaban J connectivity index is 3.42. The highest BCUT2D eigenvalue weighted by Gasteiger charge is 2.26. The van der Waals surface area contributed by atoms with Crippen molar-refractivity contribution < 1.29 is 4.79 Å². The highest BCUT2D eigenvalue weighted by atomic mass is 79.9. The van der Waals surface area contributed by atoms with Crippen molar-refractivity contribution in [2.45, 2.75) is 26.6 Å². The van der Waals surface area contributed by atoms with Crippen LogP contribution in [0.25, 0.3) is 0 Å². The van der Waals surface area contributed by atoms with Crippen LogP contribution in [0.1, 0.15) is 17.3 Å². The molecule has 0 aliphatic rings. The van der Waals surface area contributed by atoms with Crippen molar-refractivity contribution in [1.29, 1.82) is 0 Å². The molecule has 5 heteroatoms. The molecule has 0 bridgehead atoms. The lowest BCUT2D eigenvalue weighted by Crippen LogP contribution is -2.43. The Morgan fingerprint density at radius 1 is 1.41 bits per heavy atom. The summed E-state index contributed by atoms with van der Waals surface area (Å²) in [6.45, 7) is 9.12. The molecule has 0 atom stereocenters. The summed E-state index contributed by atoms with van der Waals surface area (Å²) in [7, 11) is -1.59. The second kappa shape index (κ2) is 5.55. The van der Waals surface area contributed by atoms with Crippen LogP contribution in [-0.2, 0) is 0 Å². The quantitative estimate of drug-likeness (QED) is 0.843. The number of carbonyl (C=O) groups excluding carboxylic acids is 1. The number of amides is 1. The summed E-state index contributed by atoms with van der Waals surface area (Å²) in [5.41, 5.74) is 0.627. The summed E-state index contributed by atoms with van der Waals surface area (Å²) in [5.74, 6) is -0.0868. The van der Waals surface area contributed by atoms with E-state index in [1.54, 1.807) is 0 Å². The Kier molecular flexibility index (Phi) is 4.81. The van der Waals surface area contributed by atoms with Gasteiger partial charge in [0, 0.05) is 11.0 Å². The van der Waals surface area contributed by atoms with Gasteiger partial charge in [-0.25, -0.2) is 0 Å². The molecule has 1 aromatic rings. The molecule has 0 saturated carbocycles. The van der Waals surface area contributed by atoms with Crippen LogP contribution in [0.3, 0.4) is 0 Å². The molecule has 1 aromatic carbocycles. The van der Waals surface area contributed by atoms with Gasteiger partial charge in [0.2, 0.25) is 0 Å². The second-order valence-electron chi connectivity index (χ2n) is 4.89. The van der Waals surface area contributed by atoms with Crippen LogP contribution in [0, 0.1) is 0 Å². The number of halogens is 2. The molecule has 0 radical (unpaired) electrons. The fourth-order valence-corrected chi connectivity index (χ4v) is 3.88. The highest BCUT2D eigenvalue weighted by Crippen LogP contribution is 2.26. The molecule has 17 heavy (non-hydrogen) atoms. The predicted molar refractivity (Wildman–Crippen MR) is 80.1 cm³/mol. The van der Waals surface area contributed by atoms with E-state index >= 15 is 0 Å². The molecule has 0 heterocycles. The standard InChI is InChI=1S/C12H17BrClNOSi/c1-5-15-12(16)10-9(17(2,3)4)7-6-8(13)11(10)14/h6-7H,5H2,1-4H3,(H,15,16). The monoisotopic (exact) mass is 333 g/mol. The molecule has 0 aromatic heterocycles. The van der Waals surface area contributed by atoms with Gasteiger partial charge < -0.3 is 5.32 Å². The van der Waals surface area contributed by atoms with Crippen molar-refractivity contribution in [2.75, 3.05) is 6.54 Å². The van der Waals surface area contributed by atoms with Gasteiger partial charge >= 0.3 is 0 Å². The Morgan fingerprint density at radius 3 is 2.47 bits per heavy atom. The molecule has 0 aliphatic carbocycles. The Labute approximate surface area is 117 Å². The van der Waals surface area contributed by atoms with Crippen molar-refractivity contribution in [2.24, 2.45) is 0 Å². The third kappa shape index (κ3) is 3.33. The van der Waals surface area contributed by atoms with Gasteiger partial charge in [0.1, 0.15) is 0 Å². The van der Waals surface area contributed by atoms with Gasteiger partial charge in [-0.1, -0.05) is 37.3 Å². The molecule has 0 spiro atoms. The Hall–Kier alpha value is -0.323. The molecule has 2 nitrogen and oxygen atoms in total. The predicted octanol–water partition coefficient (Wildman–Crippen LogP) is 3.40. The van der Waals surface area contributed by atoms with Gasteiger partial charge in [-0.3, -0.25) is 4.79 Å². The highest BCUT2D eigenvalue weighted by molar-refractivity contribution is 9.10. The first-order chi connectivity index (χ1) is 7.79. The molecule has 0 unspecified atom stereocenters. The minimum absolute atomic E-state index is 0.0868. The largest absolute Gasteiger partial charge is 0.352 e. The van der Waals surface area contributed by atoms with Crippen LogP contribution in [0.5, 0.6) is 0 Å². The van der Waals surface area contributed by atoms with Gasteiger partial charge in [0.05, 0.1) is 18.7 Å². The maximum Gasteiger partial charge on any atom is 0.252 e. The SMILES string of the molecule is CCNC(=O)c1c([Si](C)(C)C)ccc(Br)c1Cl. The fourth-order valence-electron chi connectivity index (χ4n) is 1.65. The summed E-state index contributed by atoms with van der Waals surface area (Å²) in [6, 6.07) is 3.92.